The van der Waals surface area contributed by atoms with E-state index in [9.17, 15) is 13.6 Å². The van der Waals surface area contributed by atoms with Crippen molar-refractivity contribution in [3.8, 4) is 6.07 Å². The Morgan fingerprint density at radius 3 is 2.62 bits per heavy atom. The Balaban J connectivity index is 3.43. The third-order valence-corrected chi connectivity index (χ3v) is 2.24. The predicted octanol–water partition coefficient (Wildman–Crippen LogP) is 2.43. The first-order valence-electron chi connectivity index (χ1n) is 4.49. The SMILES string of the molecule is Cc1ccc(C#N)c(CC(=O)O)c1C(F)F. The molecule has 0 aromatic heterocycles. The highest BCUT2D eigenvalue weighted by atomic mass is 19.3. The fraction of sp³-hybridized carbons (Fsp3) is 0.273. The highest BCUT2D eigenvalue weighted by Gasteiger charge is 2.20. The van der Waals surface area contributed by atoms with Gasteiger partial charge in [0.25, 0.3) is 6.43 Å². The molecule has 5 heteroatoms. The van der Waals surface area contributed by atoms with Gasteiger partial charge in [-0.05, 0) is 24.1 Å². The Morgan fingerprint density at radius 2 is 2.19 bits per heavy atom. The van der Waals surface area contributed by atoms with Crippen LogP contribution in [0.5, 0.6) is 0 Å². The number of carboxylic acids is 1. The highest BCUT2D eigenvalue weighted by Crippen LogP contribution is 2.29. The maximum Gasteiger partial charge on any atom is 0.307 e. The molecule has 0 aliphatic heterocycles. The van der Waals surface area contributed by atoms with E-state index in [0.717, 1.165) is 0 Å². The molecular weight excluding hydrogens is 216 g/mol. The zero-order valence-electron chi connectivity index (χ0n) is 8.50. The molecule has 0 heterocycles. The molecule has 1 aromatic carbocycles. The zero-order chi connectivity index (χ0) is 12.3. The molecule has 0 fully saturated rings. The lowest BCUT2D eigenvalue weighted by molar-refractivity contribution is -0.136. The average molecular weight is 225 g/mol. The standard InChI is InChI=1S/C11H9F2NO2/c1-6-2-3-7(5-14)8(4-9(15)16)10(6)11(12)13/h2-3,11H,4H2,1H3,(H,15,16). The second kappa shape index (κ2) is 4.71. The van der Waals surface area contributed by atoms with Gasteiger partial charge in [0.15, 0.2) is 0 Å². The summed E-state index contributed by atoms with van der Waals surface area (Å²) in [7, 11) is 0. The van der Waals surface area contributed by atoms with E-state index in [1.54, 1.807) is 6.07 Å². The van der Waals surface area contributed by atoms with Crippen LogP contribution in [-0.2, 0) is 11.2 Å². The summed E-state index contributed by atoms with van der Waals surface area (Å²) < 4.78 is 25.5. The van der Waals surface area contributed by atoms with Crippen LogP contribution in [-0.4, -0.2) is 11.1 Å². The van der Waals surface area contributed by atoms with Crippen LogP contribution in [0.25, 0.3) is 0 Å². The van der Waals surface area contributed by atoms with E-state index < -0.39 is 18.8 Å². The average Bonchev–Trinajstić information content (AvgIpc) is 2.16. The maximum absolute atomic E-state index is 12.8. The van der Waals surface area contributed by atoms with Crippen molar-refractivity contribution >= 4 is 5.97 Å². The zero-order valence-corrected chi connectivity index (χ0v) is 8.50. The molecule has 0 spiro atoms. The van der Waals surface area contributed by atoms with Gasteiger partial charge in [-0.15, -0.1) is 0 Å². The Kier molecular flexibility index (Phi) is 3.56. The smallest absolute Gasteiger partial charge is 0.307 e. The van der Waals surface area contributed by atoms with Crippen LogP contribution in [0, 0.1) is 18.3 Å². The molecule has 3 nitrogen and oxygen atoms in total. The number of benzene rings is 1. The van der Waals surface area contributed by atoms with Crippen molar-refractivity contribution in [2.45, 2.75) is 19.8 Å². The number of carbonyl (C=O) groups is 1. The van der Waals surface area contributed by atoms with Gasteiger partial charge >= 0.3 is 5.97 Å². The first-order valence-corrected chi connectivity index (χ1v) is 4.49. The Hall–Kier alpha value is -1.96. The summed E-state index contributed by atoms with van der Waals surface area (Å²) in [5, 5.41) is 17.4. The molecule has 84 valence electrons. The van der Waals surface area contributed by atoms with Crippen molar-refractivity contribution in [1.82, 2.24) is 0 Å². The molecule has 1 N–H and O–H groups in total. The molecular formula is C11H9F2NO2. The van der Waals surface area contributed by atoms with Gasteiger partial charge < -0.3 is 5.11 Å². The summed E-state index contributed by atoms with van der Waals surface area (Å²) in [5.74, 6) is -1.23. The lowest BCUT2D eigenvalue weighted by Gasteiger charge is -2.11. The van der Waals surface area contributed by atoms with Crippen molar-refractivity contribution in [2.24, 2.45) is 0 Å². The number of hydrogen-bond donors (Lipinski definition) is 1. The Labute approximate surface area is 90.9 Å². The van der Waals surface area contributed by atoms with Gasteiger partial charge in [-0.3, -0.25) is 4.79 Å². The molecule has 1 aromatic rings. The number of alkyl halides is 2. The molecule has 0 unspecified atom stereocenters. The van der Waals surface area contributed by atoms with E-state index in [0.29, 0.717) is 5.56 Å². The summed E-state index contributed by atoms with van der Waals surface area (Å²) in [4.78, 5) is 10.6. The minimum atomic E-state index is -2.78. The summed E-state index contributed by atoms with van der Waals surface area (Å²) in [6.07, 6.45) is -3.34. The number of nitriles is 1. The lowest BCUT2D eigenvalue weighted by Crippen LogP contribution is -2.08. The van der Waals surface area contributed by atoms with Crippen LogP contribution in [0.4, 0.5) is 8.78 Å². The molecule has 16 heavy (non-hydrogen) atoms. The predicted molar refractivity (Wildman–Crippen MR) is 52.2 cm³/mol. The summed E-state index contributed by atoms with van der Waals surface area (Å²) in [6, 6.07) is 4.48. The van der Waals surface area contributed by atoms with E-state index >= 15 is 0 Å². The Bertz CT molecular complexity index is 464. The van der Waals surface area contributed by atoms with Gasteiger partial charge in [0.1, 0.15) is 0 Å². The van der Waals surface area contributed by atoms with Crippen LogP contribution in [0.2, 0.25) is 0 Å². The largest absolute Gasteiger partial charge is 0.481 e. The fourth-order valence-electron chi connectivity index (χ4n) is 1.53. The lowest BCUT2D eigenvalue weighted by atomic mass is 9.95. The van der Waals surface area contributed by atoms with E-state index in [4.69, 9.17) is 10.4 Å². The molecule has 0 amide bonds. The van der Waals surface area contributed by atoms with Crippen LogP contribution in [0.15, 0.2) is 12.1 Å². The van der Waals surface area contributed by atoms with E-state index in [-0.39, 0.29) is 16.7 Å². The monoisotopic (exact) mass is 225 g/mol. The van der Waals surface area contributed by atoms with E-state index in [2.05, 4.69) is 0 Å². The molecule has 0 bridgehead atoms. The molecule has 0 saturated carbocycles. The molecule has 1 rings (SSSR count). The number of hydrogen-bond acceptors (Lipinski definition) is 2. The molecule has 0 aliphatic carbocycles. The summed E-state index contributed by atoms with van der Waals surface area (Å²) in [5.41, 5.74) is -0.153. The van der Waals surface area contributed by atoms with E-state index in [1.165, 1.54) is 19.1 Å². The number of rotatable bonds is 3. The van der Waals surface area contributed by atoms with Crippen LogP contribution < -0.4 is 0 Å². The van der Waals surface area contributed by atoms with Crippen LogP contribution in [0.1, 0.15) is 28.7 Å². The number of halogens is 2. The minimum Gasteiger partial charge on any atom is -0.481 e. The van der Waals surface area contributed by atoms with Crippen molar-refractivity contribution in [1.29, 1.82) is 5.26 Å². The number of aliphatic carboxylic acids is 1. The third kappa shape index (κ3) is 2.34. The van der Waals surface area contributed by atoms with E-state index in [1.807, 2.05) is 0 Å². The second-order valence-corrected chi connectivity index (χ2v) is 3.31. The van der Waals surface area contributed by atoms with Gasteiger partial charge in [0, 0.05) is 5.56 Å². The molecule has 0 saturated heterocycles. The van der Waals surface area contributed by atoms with Gasteiger partial charge in [-0.25, -0.2) is 8.78 Å². The topological polar surface area (TPSA) is 61.1 Å². The van der Waals surface area contributed by atoms with Crippen molar-refractivity contribution in [3.05, 3.63) is 34.4 Å². The Morgan fingerprint density at radius 1 is 1.56 bits per heavy atom. The summed E-state index contributed by atoms with van der Waals surface area (Å²) >= 11 is 0. The van der Waals surface area contributed by atoms with Crippen LogP contribution in [0.3, 0.4) is 0 Å². The number of carboxylic acid groups (broad SMARTS) is 1. The molecule has 0 atom stereocenters. The van der Waals surface area contributed by atoms with Gasteiger partial charge in [-0.2, -0.15) is 5.26 Å². The number of aryl methyl sites for hydroxylation is 1. The van der Waals surface area contributed by atoms with Crippen molar-refractivity contribution in [3.63, 3.8) is 0 Å². The third-order valence-electron chi connectivity index (χ3n) is 2.24. The normalized spacial score (nSPS) is 10.2. The molecule has 0 aliphatic rings. The van der Waals surface area contributed by atoms with Crippen molar-refractivity contribution < 1.29 is 18.7 Å². The first-order chi connectivity index (χ1) is 7.47. The minimum absolute atomic E-state index is 0.0108. The highest BCUT2D eigenvalue weighted by molar-refractivity contribution is 5.72. The number of nitrogens with zero attached hydrogens (tertiary/aromatic N) is 1. The second-order valence-electron chi connectivity index (χ2n) is 3.31. The first kappa shape index (κ1) is 12.1. The summed E-state index contributed by atoms with van der Waals surface area (Å²) in [6.45, 7) is 1.47. The van der Waals surface area contributed by atoms with Crippen molar-refractivity contribution in [2.75, 3.05) is 0 Å². The fourth-order valence-corrected chi connectivity index (χ4v) is 1.53. The van der Waals surface area contributed by atoms with Gasteiger partial charge in [-0.1, -0.05) is 6.07 Å². The van der Waals surface area contributed by atoms with Gasteiger partial charge in [0.05, 0.1) is 18.1 Å². The maximum atomic E-state index is 12.8. The van der Waals surface area contributed by atoms with Gasteiger partial charge in [0.2, 0.25) is 0 Å². The molecule has 0 radical (unpaired) electrons. The quantitative estimate of drug-likeness (QED) is 0.859. The van der Waals surface area contributed by atoms with Crippen LogP contribution >= 0.6 is 0 Å².